The van der Waals surface area contributed by atoms with Crippen LogP contribution in [0.15, 0.2) is 83.2 Å². The molecule has 0 unspecified atom stereocenters. The summed E-state index contributed by atoms with van der Waals surface area (Å²) >= 11 is 0. The molecule has 0 aliphatic rings. The van der Waals surface area contributed by atoms with Crippen molar-refractivity contribution >= 4 is 27.5 Å². The molecule has 5 nitrogen and oxygen atoms in total. The Morgan fingerprint density at radius 3 is 2.10 bits per heavy atom. The Hall–Kier alpha value is -3.60. The van der Waals surface area contributed by atoms with Crippen molar-refractivity contribution in [3.63, 3.8) is 0 Å². The van der Waals surface area contributed by atoms with Crippen molar-refractivity contribution in [2.75, 3.05) is 0 Å². The van der Waals surface area contributed by atoms with Gasteiger partial charge in [-0.3, -0.25) is 14.8 Å². The van der Waals surface area contributed by atoms with Gasteiger partial charge in [0.2, 0.25) is 0 Å². The van der Waals surface area contributed by atoms with Crippen molar-refractivity contribution in [1.82, 2.24) is 9.97 Å². The molecule has 2 aromatic carbocycles. The number of aliphatic hydroxyl groups is 1. The molecule has 0 aliphatic heterocycles. The van der Waals surface area contributed by atoms with E-state index in [-0.39, 0.29) is 47.9 Å². The molecule has 0 aliphatic carbocycles. The van der Waals surface area contributed by atoms with Crippen LogP contribution in [0.5, 0.6) is 0 Å². The monoisotopic (exact) mass is 866 g/mol. The van der Waals surface area contributed by atoms with Crippen LogP contribution in [0.3, 0.4) is 0 Å². The predicted octanol–water partition coefficient (Wildman–Crippen LogP) is 12.7. The Kier molecular flexibility index (Phi) is 14.2. The van der Waals surface area contributed by atoms with E-state index in [0.717, 1.165) is 76.7 Å². The molecule has 1 N–H and O–H groups in total. The maximum atomic E-state index is 12.2. The quantitative estimate of drug-likeness (QED) is 0.0813. The van der Waals surface area contributed by atoms with E-state index in [2.05, 4.69) is 88.1 Å². The van der Waals surface area contributed by atoms with E-state index in [1.807, 2.05) is 66.1 Å². The van der Waals surface area contributed by atoms with Crippen molar-refractivity contribution in [2.24, 2.45) is 16.7 Å². The number of furan rings is 1. The van der Waals surface area contributed by atoms with Gasteiger partial charge in [-0.1, -0.05) is 111 Å². The van der Waals surface area contributed by atoms with Crippen LogP contribution in [0.4, 0.5) is 0 Å². The fraction of sp³-hybridized carbons (Fsp3) is 0.444. The largest absolute Gasteiger partial charge is 0.512 e. The number of carbonyl (C=O) groups excluding carboxylic acids is 1. The van der Waals surface area contributed by atoms with Gasteiger partial charge in [-0.2, -0.15) is 0 Å². The van der Waals surface area contributed by atoms with E-state index in [4.69, 9.17) is 9.40 Å². The number of hydrogen-bond donors (Lipinski definition) is 1. The van der Waals surface area contributed by atoms with E-state index in [1.165, 1.54) is 17.0 Å². The fourth-order valence-corrected chi connectivity index (χ4v) is 6.12. The molecule has 5 rings (SSSR count). The van der Waals surface area contributed by atoms with Gasteiger partial charge in [0.05, 0.1) is 0 Å². The summed E-state index contributed by atoms with van der Waals surface area (Å²) in [6.45, 7) is 23.2. The zero-order valence-electron chi connectivity index (χ0n) is 32.5. The molecule has 6 heteroatoms. The number of allylic oxidation sites excluding steroid dienone is 2. The molecular formula is C45H57IrN2O3-. The molecule has 0 saturated carbocycles. The second-order valence-electron chi connectivity index (χ2n) is 15.6. The van der Waals surface area contributed by atoms with E-state index < -0.39 is 0 Å². The fourth-order valence-electron chi connectivity index (χ4n) is 6.12. The zero-order chi connectivity index (χ0) is 36.9. The van der Waals surface area contributed by atoms with Crippen LogP contribution in [0.1, 0.15) is 113 Å². The molecule has 0 saturated heterocycles. The molecule has 275 valence electrons. The summed E-state index contributed by atoms with van der Waals surface area (Å²) in [5, 5.41) is 13.6. The van der Waals surface area contributed by atoms with Crippen molar-refractivity contribution < 1.29 is 34.4 Å². The SMILES string of the molecule is CC(C)Cc1cc2ccnc(-c3ccnc(-c4[c-]c5ccccc5c(C(C)(C)C)c4)c3)c2o1.CCC(C)(CC)C(=O)/C=C(\O)C(C)(CC)CC.[Ir]. The van der Waals surface area contributed by atoms with Gasteiger partial charge in [-0.05, 0) is 55.2 Å². The smallest absolute Gasteiger partial charge is 0.164 e. The van der Waals surface area contributed by atoms with E-state index in [1.54, 1.807) is 0 Å². The minimum Gasteiger partial charge on any atom is -0.512 e. The Labute approximate surface area is 319 Å². The molecule has 1 radical (unpaired) electrons. The van der Waals surface area contributed by atoms with Gasteiger partial charge in [0, 0.05) is 72.5 Å². The molecular weight excluding hydrogens is 809 g/mol. The number of ketones is 1. The molecule has 3 aromatic heterocycles. The first-order chi connectivity index (χ1) is 23.6. The first kappa shape index (κ1) is 41.8. The van der Waals surface area contributed by atoms with Crippen LogP contribution in [-0.2, 0) is 36.7 Å². The first-order valence-electron chi connectivity index (χ1n) is 18.3. The van der Waals surface area contributed by atoms with Crippen molar-refractivity contribution in [1.29, 1.82) is 0 Å². The van der Waals surface area contributed by atoms with Gasteiger partial charge in [-0.15, -0.1) is 29.1 Å². The molecule has 0 bridgehead atoms. The third-order valence-corrected chi connectivity index (χ3v) is 10.6. The summed E-state index contributed by atoms with van der Waals surface area (Å²) in [5.74, 6) is 1.82. The standard InChI is InChI=1S/C30H29N2O.C15H28O2.Ir/c1-19(2)14-24-16-22-11-13-32-28(29(22)33-24)21-10-12-31-27(18-21)23-15-20-8-6-7-9-25(20)26(17-23)30(3,4)5;1-7-14(5,8-2)12(16)11-13(17)15(6,9-3)10-4;/h6-13,16-19H,14H2,1-5H3;11,16H,7-10H2,1-6H3;/q-1;;/b;12-11-;. The number of fused-ring (bicyclic) bond motifs is 2. The Morgan fingerprint density at radius 2 is 1.49 bits per heavy atom. The molecule has 0 atom stereocenters. The van der Waals surface area contributed by atoms with Crippen LogP contribution in [0.2, 0.25) is 0 Å². The van der Waals surface area contributed by atoms with Crippen molar-refractivity contribution in [3.8, 4) is 22.5 Å². The minimum atomic E-state index is -0.337. The van der Waals surface area contributed by atoms with Gasteiger partial charge in [0.25, 0.3) is 0 Å². The Morgan fingerprint density at radius 1 is 0.863 bits per heavy atom. The summed E-state index contributed by atoms with van der Waals surface area (Å²) < 4.78 is 6.24. The third-order valence-electron chi connectivity index (χ3n) is 10.6. The number of carbonyl (C=O) groups is 1. The molecule has 0 fully saturated rings. The second-order valence-corrected chi connectivity index (χ2v) is 15.6. The van der Waals surface area contributed by atoms with Crippen LogP contribution in [0.25, 0.3) is 44.3 Å². The molecule has 0 amide bonds. The van der Waals surface area contributed by atoms with Crippen LogP contribution in [0, 0.1) is 22.8 Å². The van der Waals surface area contributed by atoms with Gasteiger partial charge in [0.1, 0.15) is 17.2 Å². The molecule has 51 heavy (non-hydrogen) atoms. The maximum Gasteiger partial charge on any atom is 0.164 e. The van der Waals surface area contributed by atoms with E-state index in [0.29, 0.717) is 5.92 Å². The third kappa shape index (κ3) is 9.64. The van der Waals surface area contributed by atoms with E-state index >= 15 is 0 Å². The van der Waals surface area contributed by atoms with Crippen LogP contribution >= 0.6 is 0 Å². The normalized spacial score (nSPS) is 12.5. The Bertz CT molecular complexity index is 1960. The number of nitrogens with zero attached hydrogens (tertiary/aromatic N) is 2. The van der Waals surface area contributed by atoms with Crippen molar-refractivity contribution in [2.45, 2.75) is 114 Å². The summed E-state index contributed by atoms with van der Waals surface area (Å²) in [5.41, 5.74) is 5.26. The summed E-state index contributed by atoms with van der Waals surface area (Å²) in [6, 6.07) is 22.5. The van der Waals surface area contributed by atoms with Gasteiger partial charge < -0.3 is 9.52 Å². The van der Waals surface area contributed by atoms with Crippen LogP contribution < -0.4 is 0 Å². The van der Waals surface area contributed by atoms with Gasteiger partial charge in [0.15, 0.2) is 11.4 Å². The number of benzene rings is 2. The summed E-state index contributed by atoms with van der Waals surface area (Å²) in [7, 11) is 0. The second kappa shape index (κ2) is 17.3. The number of pyridine rings is 2. The summed E-state index contributed by atoms with van der Waals surface area (Å²) in [4.78, 5) is 21.6. The number of aliphatic hydroxyl groups excluding tert-OH is 1. The average molecular weight is 866 g/mol. The Balaban J connectivity index is 0.000000335. The van der Waals surface area contributed by atoms with Crippen molar-refractivity contribution in [3.05, 3.63) is 96.2 Å². The topological polar surface area (TPSA) is 76.2 Å². The first-order valence-corrected chi connectivity index (χ1v) is 18.3. The molecule has 3 heterocycles. The number of hydrogen-bond acceptors (Lipinski definition) is 5. The van der Waals surface area contributed by atoms with E-state index in [9.17, 15) is 9.90 Å². The average Bonchev–Trinajstić information content (AvgIpc) is 3.52. The number of aromatic nitrogens is 2. The van der Waals surface area contributed by atoms with Gasteiger partial charge in [-0.25, -0.2) is 0 Å². The predicted molar refractivity (Wildman–Crippen MR) is 209 cm³/mol. The van der Waals surface area contributed by atoms with Gasteiger partial charge >= 0.3 is 0 Å². The maximum absolute atomic E-state index is 12.2. The number of rotatable bonds is 11. The molecule has 5 aromatic rings. The van der Waals surface area contributed by atoms with Crippen LogP contribution in [-0.4, -0.2) is 20.9 Å². The minimum absolute atomic E-state index is 0. The zero-order valence-corrected chi connectivity index (χ0v) is 34.9. The molecule has 0 spiro atoms. The summed E-state index contributed by atoms with van der Waals surface area (Å²) in [6.07, 6.45) is 9.37.